The Kier molecular flexibility index (Phi) is 7.49. The van der Waals surface area contributed by atoms with Gasteiger partial charge in [0.05, 0.1) is 0 Å². The van der Waals surface area contributed by atoms with Crippen molar-refractivity contribution >= 4 is 0 Å². The molecule has 0 bridgehead atoms. The van der Waals surface area contributed by atoms with Crippen LogP contribution in [0.15, 0.2) is 24.3 Å². The van der Waals surface area contributed by atoms with Gasteiger partial charge in [-0.2, -0.15) is 0 Å². The van der Waals surface area contributed by atoms with Crippen LogP contribution in [0.25, 0.3) is 0 Å². The van der Waals surface area contributed by atoms with Gasteiger partial charge in [0.25, 0.3) is 0 Å². The smallest absolute Gasteiger partial charge is 0.0197 e. The summed E-state index contributed by atoms with van der Waals surface area (Å²) in [5, 5.41) is 0. The lowest BCUT2D eigenvalue weighted by Gasteiger charge is -2.35. The third-order valence-corrected chi connectivity index (χ3v) is 4.75. The average Bonchev–Trinajstić information content (AvgIpc) is 2.36. The van der Waals surface area contributed by atoms with Gasteiger partial charge in [-0.1, -0.05) is 71.3 Å². The van der Waals surface area contributed by atoms with E-state index in [-0.39, 0.29) is 0 Å². The summed E-state index contributed by atoms with van der Waals surface area (Å²) in [7, 11) is 0. The monoisotopic (exact) mass is 262 g/mol. The molecule has 0 saturated heterocycles. The highest BCUT2D eigenvalue weighted by atomic mass is 14.3. The molecular formula is C19H34. The van der Waals surface area contributed by atoms with Crippen molar-refractivity contribution < 1.29 is 0 Å². The zero-order valence-corrected chi connectivity index (χ0v) is 13.6. The highest BCUT2D eigenvalue weighted by Crippen LogP contribution is 2.38. The number of hydrogen-bond acceptors (Lipinski definition) is 0. The van der Waals surface area contributed by atoms with Gasteiger partial charge in [-0.25, -0.2) is 0 Å². The first kappa shape index (κ1) is 16.5. The second-order valence-corrected chi connectivity index (χ2v) is 6.96. The molecular weight excluding hydrogens is 228 g/mol. The van der Waals surface area contributed by atoms with Gasteiger partial charge in [0, 0.05) is 0 Å². The summed E-state index contributed by atoms with van der Waals surface area (Å²) in [6, 6.07) is 0. The van der Waals surface area contributed by atoms with Crippen LogP contribution >= 0.6 is 0 Å². The molecule has 0 radical (unpaired) electrons. The Balaban J connectivity index is 2.48. The lowest BCUT2D eigenvalue weighted by atomic mass is 9.70. The molecule has 0 aromatic carbocycles. The largest absolute Gasteiger partial charge is 0.0958 e. The molecule has 1 fully saturated rings. The van der Waals surface area contributed by atoms with Gasteiger partial charge in [-0.05, 0) is 49.4 Å². The van der Waals surface area contributed by atoms with E-state index in [1.54, 1.807) is 0 Å². The number of allylic oxidation sites excluding steroid dienone is 3. The Bertz CT molecular complexity index is 284. The predicted molar refractivity (Wildman–Crippen MR) is 87.3 cm³/mol. The van der Waals surface area contributed by atoms with E-state index in [2.05, 4.69) is 46.4 Å². The van der Waals surface area contributed by atoms with Crippen molar-refractivity contribution in [3.8, 4) is 0 Å². The Morgan fingerprint density at radius 3 is 2.63 bits per heavy atom. The third-order valence-electron chi connectivity index (χ3n) is 4.75. The molecule has 0 spiro atoms. The SMILES string of the molecule is C=C(/C=C/[C@@H]1C[C@H](C)CC[C@H]1C(C)C)CCCCC. The van der Waals surface area contributed by atoms with Crippen LogP contribution in [0.2, 0.25) is 0 Å². The molecule has 1 aliphatic carbocycles. The van der Waals surface area contributed by atoms with E-state index < -0.39 is 0 Å². The zero-order valence-electron chi connectivity index (χ0n) is 13.6. The summed E-state index contributed by atoms with van der Waals surface area (Å²) < 4.78 is 0. The van der Waals surface area contributed by atoms with Crippen molar-refractivity contribution in [2.75, 3.05) is 0 Å². The predicted octanol–water partition coefficient (Wildman–Crippen LogP) is 6.39. The molecule has 0 unspecified atom stereocenters. The van der Waals surface area contributed by atoms with E-state index in [4.69, 9.17) is 0 Å². The maximum absolute atomic E-state index is 4.21. The minimum absolute atomic E-state index is 0.784. The van der Waals surface area contributed by atoms with Crippen molar-refractivity contribution in [1.82, 2.24) is 0 Å². The van der Waals surface area contributed by atoms with Crippen molar-refractivity contribution in [3.05, 3.63) is 24.3 Å². The fourth-order valence-electron chi connectivity index (χ4n) is 3.44. The maximum Gasteiger partial charge on any atom is -0.0197 e. The Hall–Kier alpha value is -0.520. The van der Waals surface area contributed by atoms with Gasteiger partial charge in [-0.3, -0.25) is 0 Å². The molecule has 19 heavy (non-hydrogen) atoms. The number of rotatable bonds is 7. The van der Waals surface area contributed by atoms with Gasteiger partial charge >= 0.3 is 0 Å². The first-order chi connectivity index (χ1) is 9.04. The topological polar surface area (TPSA) is 0 Å². The van der Waals surface area contributed by atoms with Gasteiger partial charge in [0.1, 0.15) is 0 Å². The maximum atomic E-state index is 4.21. The molecule has 0 aromatic rings. The first-order valence-corrected chi connectivity index (χ1v) is 8.40. The molecule has 0 N–H and O–H groups in total. The quantitative estimate of drug-likeness (QED) is 0.368. The molecule has 0 nitrogen and oxygen atoms in total. The molecule has 0 aromatic heterocycles. The number of unbranched alkanes of at least 4 members (excludes halogenated alkanes) is 2. The van der Waals surface area contributed by atoms with Crippen molar-refractivity contribution in [1.29, 1.82) is 0 Å². The van der Waals surface area contributed by atoms with Crippen LogP contribution in [0.5, 0.6) is 0 Å². The average molecular weight is 262 g/mol. The van der Waals surface area contributed by atoms with Gasteiger partial charge in [0.2, 0.25) is 0 Å². The van der Waals surface area contributed by atoms with Gasteiger partial charge < -0.3 is 0 Å². The summed E-state index contributed by atoms with van der Waals surface area (Å²) >= 11 is 0. The normalized spacial score (nSPS) is 28.2. The molecule has 0 amide bonds. The second kappa shape index (κ2) is 8.61. The van der Waals surface area contributed by atoms with Crippen molar-refractivity contribution in [2.24, 2.45) is 23.7 Å². The lowest BCUT2D eigenvalue weighted by molar-refractivity contribution is 0.178. The Labute approximate surface area is 121 Å². The lowest BCUT2D eigenvalue weighted by Crippen LogP contribution is -2.26. The Morgan fingerprint density at radius 1 is 1.26 bits per heavy atom. The molecule has 1 rings (SSSR count). The second-order valence-electron chi connectivity index (χ2n) is 6.96. The van der Waals surface area contributed by atoms with E-state index in [0.717, 1.165) is 23.7 Å². The highest BCUT2D eigenvalue weighted by molar-refractivity contribution is 5.15. The van der Waals surface area contributed by atoms with Crippen LogP contribution in [0, 0.1) is 23.7 Å². The molecule has 110 valence electrons. The summed E-state index contributed by atoms with van der Waals surface area (Å²) in [4.78, 5) is 0. The van der Waals surface area contributed by atoms with Crippen LogP contribution in [0.4, 0.5) is 0 Å². The molecule has 0 heterocycles. The van der Waals surface area contributed by atoms with Gasteiger partial charge in [0.15, 0.2) is 0 Å². The van der Waals surface area contributed by atoms with Crippen molar-refractivity contribution in [3.63, 3.8) is 0 Å². The van der Waals surface area contributed by atoms with Crippen LogP contribution in [0.3, 0.4) is 0 Å². The fraction of sp³-hybridized carbons (Fsp3) is 0.789. The fourth-order valence-corrected chi connectivity index (χ4v) is 3.44. The molecule has 0 heteroatoms. The van der Waals surface area contributed by atoms with E-state index >= 15 is 0 Å². The summed E-state index contributed by atoms with van der Waals surface area (Å²) in [5.41, 5.74) is 1.33. The van der Waals surface area contributed by atoms with Crippen LogP contribution < -0.4 is 0 Å². The number of hydrogen-bond donors (Lipinski definition) is 0. The van der Waals surface area contributed by atoms with Gasteiger partial charge in [-0.15, -0.1) is 0 Å². The van der Waals surface area contributed by atoms with E-state index in [1.165, 1.54) is 50.5 Å². The standard InChI is InChI=1S/C19H34/c1-6-7-8-9-16(4)10-12-18-14-17(5)11-13-19(18)15(2)3/h10,12,15,17-19H,4,6-9,11,13-14H2,1-3,5H3/b12-10+/t17-,18-,19+/m1/s1. The molecule has 1 aliphatic rings. The molecule has 3 atom stereocenters. The minimum atomic E-state index is 0.784. The third kappa shape index (κ3) is 5.97. The van der Waals surface area contributed by atoms with Crippen LogP contribution in [-0.4, -0.2) is 0 Å². The highest BCUT2D eigenvalue weighted by Gasteiger charge is 2.28. The zero-order chi connectivity index (χ0) is 14.3. The molecule has 0 aliphatic heterocycles. The molecule has 1 saturated carbocycles. The summed E-state index contributed by atoms with van der Waals surface area (Å²) in [6.45, 7) is 13.7. The summed E-state index contributed by atoms with van der Waals surface area (Å²) in [5.74, 6) is 3.39. The van der Waals surface area contributed by atoms with E-state index in [9.17, 15) is 0 Å². The van der Waals surface area contributed by atoms with Crippen LogP contribution in [0.1, 0.15) is 72.6 Å². The van der Waals surface area contributed by atoms with E-state index in [1.807, 2.05) is 0 Å². The van der Waals surface area contributed by atoms with Crippen molar-refractivity contribution in [2.45, 2.75) is 72.6 Å². The first-order valence-electron chi connectivity index (χ1n) is 8.40. The van der Waals surface area contributed by atoms with Crippen LogP contribution in [-0.2, 0) is 0 Å². The minimum Gasteiger partial charge on any atom is -0.0958 e. The van der Waals surface area contributed by atoms with E-state index in [0.29, 0.717) is 0 Å². The summed E-state index contributed by atoms with van der Waals surface area (Å²) in [6.07, 6.45) is 14.1. The Morgan fingerprint density at radius 2 is 2.00 bits per heavy atom.